The zero-order valence-corrected chi connectivity index (χ0v) is 23.5. The first-order valence-corrected chi connectivity index (χ1v) is 14.3. The molecule has 4 aromatic carbocycles. The van der Waals surface area contributed by atoms with E-state index in [9.17, 15) is 0 Å². The van der Waals surface area contributed by atoms with Crippen LogP contribution in [-0.2, 0) is 22.8 Å². The summed E-state index contributed by atoms with van der Waals surface area (Å²) in [5.74, 6) is 0. The van der Waals surface area contributed by atoms with Gasteiger partial charge >= 0.3 is 208 Å². The Bertz CT molecular complexity index is 1390. The van der Waals surface area contributed by atoms with Gasteiger partial charge in [-0.15, -0.1) is 0 Å². The summed E-state index contributed by atoms with van der Waals surface area (Å²) >= 11 is -1.08. The van der Waals surface area contributed by atoms with Gasteiger partial charge in [-0.1, -0.05) is 0 Å². The molecular weight excluding hydrogens is 546 g/mol. The Balaban J connectivity index is 0.00000144. The number of aryl methyl sites for hydroxylation is 1. The van der Waals surface area contributed by atoms with E-state index in [2.05, 4.69) is 122 Å². The van der Waals surface area contributed by atoms with Crippen LogP contribution in [0.5, 0.6) is 0 Å². The first kappa shape index (κ1) is 25.8. The van der Waals surface area contributed by atoms with Crippen LogP contribution >= 0.6 is 0 Å². The molecule has 1 atom stereocenters. The van der Waals surface area contributed by atoms with E-state index in [-0.39, 0.29) is 24.8 Å². The zero-order valence-electron chi connectivity index (χ0n) is 19.5. The SMILES string of the molecule is Cc1cc(C2=CC=CC2)c2c(c1)-c1ccccc1[CH]2[Zr+2]=[C](c1ccccc1)c1ccccc1.[Cl-].[Cl-]. The molecule has 0 nitrogen and oxygen atoms in total. The second-order valence-corrected chi connectivity index (χ2v) is 12.2. The quantitative estimate of drug-likeness (QED) is 0.351. The van der Waals surface area contributed by atoms with E-state index in [0.29, 0.717) is 3.63 Å². The van der Waals surface area contributed by atoms with Crippen molar-refractivity contribution < 1.29 is 47.6 Å². The maximum absolute atomic E-state index is 2.43. The minimum absolute atomic E-state index is 0. The van der Waals surface area contributed by atoms with E-state index < -0.39 is 22.8 Å². The Labute approximate surface area is 231 Å². The van der Waals surface area contributed by atoms with Crippen LogP contribution in [0.4, 0.5) is 0 Å². The second kappa shape index (κ2) is 11.2. The van der Waals surface area contributed by atoms with Gasteiger partial charge in [-0.25, -0.2) is 0 Å². The van der Waals surface area contributed by atoms with Gasteiger partial charge in [0.25, 0.3) is 0 Å². The summed E-state index contributed by atoms with van der Waals surface area (Å²) in [6.07, 6.45) is 7.86. The van der Waals surface area contributed by atoms with E-state index in [1.54, 1.807) is 8.77 Å². The maximum atomic E-state index is 2.43. The van der Waals surface area contributed by atoms with Gasteiger partial charge in [-0.2, -0.15) is 0 Å². The molecule has 0 heterocycles. The first-order valence-electron chi connectivity index (χ1n) is 11.6. The molecule has 0 aliphatic heterocycles. The van der Waals surface area contributed by atoms with E-state index in [0.717, 1.165) is 6.42 Å². The minimum atomic E-state index is -1.08. The third-order valence-corrected chi connectivity index (χ3v) is 11.0. The molecule has 0 radical (unpaired) electrons. The van der Waals surface area contributed by atoms with Crippen LogP contribution in [0.3, 0.4) is 0 Å². The number of rotatable bonds is 4. The van der Waals surface area contributed by atoms with Crippen molar-refractivity contribution in [3.05, 3.63) is 149 Å². The van der Waals surface area contributed by atoms with Crippen molar-refractivity contribution in [2.24, 2.45) is 0 Å². The summed E-state index contributed by atoms with van der Waals surface area (Å²) in [5, 5.41) is 0. The molecule has 0 N–H and O–H groups in total. The van der Waals surface area contributed by atoms with Crippen molar-refractivity contribution >= 4 is 8.78 Å². The Kier molecular flexibility index (Phi) is 8.23. The molecule has 0 fully saturated rings. The van der Waals surface area contributed by atoms with E-state index >= 15 is 0 Å². The fourth-order valence-electron chi connectivity index (χ4n) is 5.23. The van der Waals surface area contributed by atoms with Crippen LogP contribution in [0.1, 0.15) is 43.4 Å². The van der Waals surface area contributed by atoms with Gasteiger partial charge in [-0.3, -0.25) is 0 Å². The molecule has 35 heavy (non-hydrogen) atoms. The summed E-state index contributed by atoms with van der Waals surface area (Å²) < 4.78 is 2.09. The summed E-state index contributed by atoms with van der Waals surface area (Å²) in [7, 11) is 0. The van der Waals surface area contributed by atoms with Crippen molar-refractivity contribution in [2.75, 3.05) is 0 Å². The molecule has 2 aliphatic carbocycles. The van der Waals surface area contributed by atoms with Crippen LogP contribution in [0.2, 0.25) is 0 Å². The second-order valence-electron chi connectivity index (χ2n) is 8.87. The molecule has 0 spiro atoms. The average Bonchev–Trinajstić information content (AvgIpc) is 3.50. The van der Waals surface area contributed by atoms with E-state index in [1.165, 1.54) is 44.5 Å². The van der Waals surface area contributed by atoms with Crippen LogP contribution in [0, 0.1) is 6.92 Å². The maximum Gasteiger partial charge on any atom is -1.00 e. The molecule has 4 aromatic rings. The molecule has 0 amide bonds. The molecular formula is C32H25Cl2Zr. The number of fused-ring (bicyclic) bond motifs is 3. The Morgan fingerprint density at radius 3 is 1.94 bits per heavy atom. The molecule has 3 heteroatoms. The molecule has 0 saturated carbocycles. The van der Waals surface area contributed by atoms with Crippen LogP contribution < -0.4 is 24.8 Å². The van der Waals surface area contributed by atoms with Crippen LogP contribution in [-0.4, -0.2) is 3.21 Å². The monoisotopic (exact) mass is 569 g/mol. The predicted octanol–water partition coefficient (Wildman–Crippen LogP) is 1.77. The van der Waals surface area contributed by atoms with Crippen molar-refractivity contribution in [1.29, 1.82) is 0 Å². The number of hydrogen-bond acceptors (Lipinski definition) is 0. The molecule has 2 aliphatic rings. The fraction of sp³-hybridized carbons (Fsp3) is 0.0938. The molecule has 0 bridgehead atoms. The van der Waals surface area contributed by atoms with Crippen molar-refractivity contribution in [2.45, 2.75) is 17.0 Å². The first-order chi connectivity index (χ1) is 16.3. The molecule has 0 aromatic heterocycles. The van der Waals surface area contributed by atoms with Crippen molar-refractivity contribution in [1.82, 2.24) is 0 Å². The average molecular weight is 572 g/mol. The zero-order chi connectivity index (χ0) is 22.2. The normalized spacial score (nSPS) is 14.7. The smallest absolute Gasteiger partial charge is 1.00 e. The summed E-state index contributed by atoms with van der Waals surface area (Å²) in [6, 6.07) is 36.1. The number of allylic oxidation sites excluding steroid dienone is 4. The molecule has 6 rings (SSSR count). The largest absolute Gasteiger partial charge is 1.00 e. The van der Waals surface area contributed by atoms with Gasteiger partial charge in [0.05, 0.1) is 0 Å². The number of hydrogen-bond donors (Lipinski definition) is 0. The van der Waals surface area contributed by atoms with E-state index in [4.69, 9.17) is 0 Å². The van der Waals surface area contributed by atoms with Gasteiger partial charge in [-0.05, 0) is 0 Å². The Hall–Kier alpha value is -2.31. The summed E-state index contributed by atoms with van der Waals surface area (Å²) in [6.45, 7) is 2.24. The summed E-state index contributed by atoms with van der Waals surface area (Å²) in [4.78, 5) is 0. The molecule has 0 saturated heterocycles. The van der Waals surface area contributed by atoms with Gasteiger partial charge < -0.3 is 24.8 Å². The predicted molar refractivity (Wildman–Crippen MR) is 136 cm³/mol. The van der Waals surface area contributed by atoms with E-state index in [1.807, 2.05) is 0 Å². The Morgan fingerprint density at radius 2 is 1.31 bits per heavy atom. The molecule has 171 valence electrons. The third-order valence-electron chi connectivity index (χ3n) is 6.71. The van der Waals surface area contributed by atoms with Crippen LogP contribution in [0.15, 0.2) is 115 Å². The number of halogens is 2. The minimum Gasteiger partial charge on any atom is -1.00 e. The fourth-order valence-corrected chi connectivity index (χ4v) is 9.70. The third kappa shape index (κ3) is 4.88. The van der Waals surface area contributed by atoms with Gasteiger partial charge in [0.15, 0.2) is 0 Å². The summed E-state index contributed by atoms with van der Waals surface area (Å²) in [5.41, 5.74) is 13.1. The standard InChI is InChI=1S/C19H15.C13H10.2ClH.Zr/c1-13-10-17(14-6-2-3-7-14)19-12-15-8-4-5-9-16(15)18(19)11-13;1-3-7-12(8-4-1)11-13-9-5-2-6-10-13;;;/h2-6,8-12H,7H2,1H3;1-10H;2*1H;/q;;;;+2/p-2. The topological polar surface area (TPSA) is 0 Å². The van der Waals surface area contributed by atoms with Gasteiger partial charge in [0, 0.05) is 0 Å². The van der Waals surface area contributed by atoms with Gasteiger partial charge in [0.2, 0.25) is 0 Å². The Morgan fingerprint density at radius 1 is 0.714 bits per heavy atom. The van der Waals surface area contributed by atoms with Gasteiger partial charge in [0.1, 0.15) is 0 Å². The van der Waals surface area contributed by atoms with Crippen LogP contribution in [0.25, 0.3) is 16.7 Å². The molecule has 1 unspecified atom stereocenters. The van der Waals surface area contributed by atoms with Crippen molar-refractivity contribution in [3.8, 4) is 11.1 Å². The number of benzene rings is 4. The van der Waals surface area contributed by atoms with Crippen molar-refractivity contribution in [3.63, 3.8) is 0 Å².